The van der Waals surface area contributed by atoms with E-state index < -0.39 is 5.97 Å². The molecule has 0 aliphatic carbocycles. The van der Waals surface area contributed by atoms with E-state index in [2.05, 4.69) is 5.32 Å². The zero-order valence-corrected chi connectivity index (χ0v) is 10.1. The number of hydrogen-bond acceptors (Lipinski definition) is 3. The first-order chi connectivity index (χ1) is 8.63. The molecule has 0 heterocycles. The van der Waals surface area contributed by atoms with Crippen LogP contribution in [0.15, 0.2) is 30.4 Å². The predicted molar refractivity (Wildman–Crippen MR) is 66.3 cm³/mol. The summed E-state index contributed by atoms with van der Waals surface area (Å²) in [7, 11) is 1.43. The van der Waals surface area contributed by atoms with Gasteiger partial charge in [0.25, 0.3) is 0 Å². The van der Waals surface area contributed by atoms with E-state index in [4.69, 9.17) is 9.84 Å². The third kappa shape index (κ3) is 4.97. The Kier molecular flexibility index (Phi) is 5.87. The molecule has 1 aromatic carbocycles. The number of methoxy groups -OCH3 is 1. The van der Waals surface area contributed by atoms with Crippen LogP contribution in [0.1, 0.15) is 5.56 Å². The third-order valence-corrected chi connectivity index (χ3v) is 2.33. The molecule has 0 aliphatic rings. The number of nitrogens with one attached hydrogen (secondary N) is 1. The van der Waals surface area contributed by atoms with Gasteiger partial charge in [0.05, 0.1) is 7.11 Å². The summed E-state index contributed by atoms with van der Waals surface area (Å²) in [5, 5.41) is 11.4. The van der Waals surface area contributed by atoms with Crippen LogP contribution in [0.25, 0.3) is 0 Å². The van der Waals surface area contributed by atoms with Gasteiger partial charge >= 0.3 is 5.97 Å². The zero-order valence-electron chi connectivity index (χ0n) is 10.1. The minimum atomic E-state index is -0.964. The van der Waals surface area contributed by atoms with Crippen molar-refractivity contribution in [2.24, 2.45) is 0 Å². The molecule has 0 saturated heterocycles. The number of carbonyl (C=O) groups is 1. The van der Waals surface area contributed by atoms with Crippen molar-refractivity contribution in [3.05, 3.63) is 41.7 Å². The van der Waals surface area contributed by atoms with Gasteiger partial charge in [-0.2, -0.15) is 0 Å². The van der Waals surface area contributed by atoms with Gasteiger partial charge in [0.1, 0.15) is 0 Å². The SMILES string of the molecule is COc1ccc(CCNC/C=C/C(=O)O)cc1F. The van der Waals surface area contributed by atoms with Gasteiger partial charge in [-0.25, -0.2) is 9.18 Å². The molecule has 0 spiro atoms. The minimum Gasteiger partial charge on any atom is -0.494 e. The van der Waals surface area contributed by atoms with Crippen molar-refractivity contribution in [1.29, 1.82) is 0 Å². The highest BCUT2D eigenvalue weighted by molar-refractivity contribution is 5.79. The molecule has 1 aromatic rings. The van der Waals surface area contributed by atoms with Crippen LogP contribution in [0.2, 0.25) is 0 Å². The molecular weight excluding hydrogens is 237 g/mol. The first kappa shape index (κ1) is 14.2. The lowest BCUT2D eigenvalue weighted by atomic mass is 10.1. The highest BCUT2D eigenvalue weighted by atomic mass is 19.1. The van der Waals surface area contributed by atoms with E-state index in [9.17, 15) is 9.18 Å². The molecule has 2 N–H and O–H groups in total. The van der Waals surface area contributed by atoms with Crippen molar-refractivity contribution in [1.82, 2.24) is 5.32 Å². The highest BCUT2D eigenvalue weighted by Crippen LogP contribution is 2.17. The van der Waals surface area contributed by atoms with Gasteiger partial charge in [-0.05, 0) is 30.7 Å². The molecule has 0 atom stereocenters. The maximum atomic E-state index is 13.3. The van der Waals surface area contributed by atoms with E-state index in [1.165, 1.54) is 19.3 Å². The summed E-state index contributed by atoms with van der Waals surface area (Å²) < 4.78 is 18.2. The lowest BCUT2D eigenvalue weighted by Gasteiger charge is -2.05. The van der Waals surface area contributed by atoms with Crippen LogP contribution in [0.4, 0.5) is 4.39 Å². The fourth-order valence-electron chi connectivity index (χ4n) is 1.44. The molecule has 4 nitrogen and oxygen atoms in total. The van der Waals surface area contributed by atoms with E-state index >= 15 is 0 Å². The Bertz CT molecular complexity index is 432. The van der Waals surface area contributed by atoms with E-state index in [1.54, 1.807) is 12.1 Å². The van der Waals surface area contributed by atoms with E-state index in [1.807, 2.05) is 0 Å². The maximum Gasteiger partial charge on any atom is 0.328 e. The van der Waals surface area contributed by atoms with Crippen LogP contribution in [-0.4, -0.2) is 31.3 Å². The van der Waals surface area contributed by atoms with Gasteiger partial charge in [0, 0.05) is 12.6 Å². The van der Waals surface area contributed by atoms with Gasteiger partial charge in [-0.3, -0.25) is 0 Å². The Hall–Kier alpha value is -1.88. The second-order valence-corrected chi connectivity index (χ2v) is 3.66. The lowest BCUT2D eigenvalue weighted by Crippen LogP contribution is -2.17. The molecule has 0 aliphatic heterocycles. The first-order valence-corrected chi connectivity index (χ1v) is 5.56. The van der Waals surface area contributed by atoms with Gasteiger partial charge in [0.2, 0.25) is 0 Å². The summed E-state index contributed by atoms with van der Waals surface area (Å²) in [6.07, 6.45) is 3.28. The van der Waals surface area contributed by atoms with Crippen molar-refractivity contribution >= 4 is 5.97 Å². The highest BCUT2D eigenvalue weighted by Gasteiger charge is 2.02. The standard InChI is InChI=1S/C13H16FNO3/c1-18-12-5-4-10(9-11(12)14)6-8-15-7-2-3-13(16)17/h2-5,9,15H,6-8H2,1H3,(H,16,17)/b3-2+. The Morgan fingerprint density at radius 2 is 2.33 bits per heavy atom. The Morgan fingerprint density at radius 3 is 2.94 bits per heavy atom. The fourth-order valence-corrected chi connectivity index (χ4v) is 1.44. The first-order valence-electron chi connectivity index (χ1n) is 5.56. The molecule has 98 valence electrons. The van der Waals surface area contributed by atoms with Crippen LogP contribution < -0.4 is 10.1 Å². The number of hydrogen-bond donors (Lipinski definition) is 2. The molecule has 0 fully saturated rings. The van der Waals surface area contributed by atoms with Gasteiger partial charge in [-0.15, -0.1) is 0 Å². The summed E-state index contributed by atoms with van der Waals surface area (Å²) in [5.74, 6) is -1.11. The van der Waals surface area contributed by atoms with Crippen LogP contribution in [-0.2, 0) is 11.2 Å². The zero-order chi connectivity index (χ0) is 13.4. The smallest absolute Gasteiger partial charge is 0.328 e. The molecule has 0 bridgehead atoms. The summed E-state index contributed by atoms with van der Waals surface area (Å²) in [4.78, 5) is 10.2. The van der Waals surface area contributed by atoms with Gasteiger partial charge in [0.15, 0.2) is 11.6 Å². The number of aliphatic carboxylic acids is 1. The second kappa shape index (κ2) is 7.45. The molecule has 0 unspecified atom stereocenters. The average Bonchev–Trinajstić information content (AvgIpc) is 2.33. The number of carboxylic acids is 1. The Morgan fingerprint density at radius 1 is 1.56 bits per heavy atom. The largest absolute Gasteiger partial charge is 0.494 e. The monoisotopic (exact) mass is 253 g/mol. The van der Waals surface area contributed by atoms with E-state index in [0.29, 0.717) is 19.5 Å². The van der Waals surface area contributed by atoms with Crippen molar-refractivity contribution in [2.75, 3.05) is 20.2 Å². The molecule has 18 heavy (non-hydrogen) atoms. The number of carboxylic acid groups (broad SMARTS) is 1. The third-order valence-electron chi connectivity index (χ3n) is 2.33. The topological polar surface area (TPSA) is 58.6 Å². The normalized spacial score (nSPS) is 10.8. The van der Waals surface area contributed by atoms with Crippen LogP contribution >= 0.6 is 0 Å². The quantitative estimate of drug-likeness (QED) is 0.572. The number of ether oxygens (including phenoxy) is 1. The Labute approximate surface area is 105 Å². The van der Waals surface area contributed by atoms with E-state index in [0.717, 1.165) is 11.6 Å². The van der Waals surface area contributed by atoms with Crippen LogP contribution in [0.3, 0.4) is 0 Å². The van der Waals surface area contributed by atoms with Crippen molar-refractivity contribution in [3.63, 3.8) is 0 Å². The molecule has 0 saturated carbocycles. The summed E-state index contributed by atoms with van der Waals surface area (Å²) in [6, 6.07) is 4.83. The minimum absolute atomic E-state index is 0.233. The average molecular weight is 253 g/mol. The van der Waals surface area contributed by atoms with E-state index in [-0.39, 0.29) is 11.6 Å². The molecule has 0 amide bonds. The summed E-state index contributed by atoms with van der Waals surface area (Å²) in [5.41, 5.74) is 0.864. The number of benzene rings is 1. The molecule has 5 heteroatoms. The number of halogens is 1. The molecule has 1 rings (SSSR count). The number of rotatable bonds is 7. The van der Waals surface area contributed by atoms with Crippen molar-refractivity contribution < 1.29 is 19.0 Å². The fraction of sp³-hybridized carbons (Fsp3) is 0.308. The van der Waals surface area contributed by atoms with Crippen molar-refractivity contribution in [3.8, 4) is 5.75 Å². The molecular formula is C13H16FNO3. The van der Waals surface area contributed by atoms with Crippen LogP contribution in [0.5, 0.6) is 5.75 Å². The lowest BCUT2D eigenvalue weighted by molar-refractivity contribution is -0.131. The second-order valence-electron chi connectivity index (χ2n) is 3.66. The molecule has 0 radical (unpaired) electrons. The van der Waals surface area contributed by atoms with Gasteiger partial charge < -0.3 is 15.2 Å². The summed E-state index contributed by atoms with van der Waals surface area (Å²) >= 11 is 0. The molecule has 0 aromatic heterocycles. The van der Waals surface area contributed by atoms with Crippen LogP contribution in [0, 0.1) is 5.82 Å². The maximum absolute atomic E-state index is 13.3. The Balaban J connectivity index is 2.31. The predicted octanol–water partition coefficient (Wildman–Crippen LogP) is 1.61. The summed E-state index contributed by atoms with van der Waals surface area (Å²) in [6.45, 7) is 1.13. The van der Waals surface area contributed by atoms with Crippen molar-refractivity contribution in [2.45, 2.75) is 6.42 Å². The van der Waals surface area contributed by atoms with Gasteiger partial charge in [-0.1, -0.05) is 12.1 Å².